The summed E-state index contributed by atoms with van der Waals surface area (Å²) in [6.45, 7) is 3.42. The summed E-state index contributed by atoms with van der Waals surface area (Å²) >= 11 is 0. The van der Waals surface area contributed by atoms with E-state index < -0.39 is 0 Å². The summed E-state index contributed by atoms with van der Waals surface area (Å²) in [6.07, 6.45) is 1.96. The van der Waals surface area contributed by atoms with Crippen molar-refractivity contribution in [1.29, 1.82) is 0 Å². The molecule has 2 aromatic carbocycles. The molecule has 38 heavy (non-hydrogen) atoms. The number of nitrogen functional groups attached to an aromatic ring is 1. The molecule has 0 aliphatic rings. The molecule has 3 aromatic heterocycles. The van der Waals surface area contributed by atoms with Crippen LogP contribution >= 0.6 is 0 Å². The van der Waals surface area contributed by atoms with Gasteiger partial charge in [0.25, 0.3) is 11.4 Å². The topological polar surface area (TPSA) is 145 Å². The van der Waals surface area contributed by atoms with Crippen LogP contribution < -0.4 is 16.6 Å². The molecule has 4 N–H and O–H groups in total. The summed E-state index contributed by atoms with van der Waals surface area (Å²) in [5, 5.41) is 17.7. The zero-order chi connectivity index (χ0) is 26.6. The van der Waals surface area contributed by atoms with Gasteiger partial charge >= 0.3 is 0 Å². The second-order valence-corrected chi connectivity index (χ2v) is 8.51. The second kappa shape index (κ2) is 10.5. The zero-order valence-corrected chi connectivity index (χ0v) is 20.8. The molecule has 0 saturated heterocycles. The van der Waals surface area contributed by atoms with E-state index in [1.165, 1.54) is 6.33 Å². The molecule has 0 radical (unpaired) electrons. The lowest BCUT2D eigenvalue weighted by molar-refractivity contribution is 0.350. The molecule has 0 aliphatic heterocycles. The summed E-state index contributed by atoms with van der Waals surface area (Å²) in [4.78, 5) is 26.9. The number of benzene rings is 2. The lowest BCUT2D eigenvalue weighted by Gasteiger charge is -2.24. The van der Waals surface area contributed by atoms with E-state index in [9.17, 15) is 9.90 Å². The highest BCUT2D eigenvalue weighted by Gasteiger charge is 2.24. The van der Waals surface area contributed by atoms with E-state index in [-0.39, 0.29) is 29.9 Å². The molecule has 0 aliphatic carbocycles. The van der Waals surface area contributed by atoms with Crippen LogP contribution in [0.2, 0.25) is 0 Å². The number of aliphatic hydroxyl groups is 1. The lowest BCUT2D eigenvalue weighted by atomic mass is 10.0. The highest BCUT2D eigenvalue weighted by molar-refractivity contribution is 5.88. The summed E-state index contributed by atoms with van der Waals surface area (Å²) in [6, 6.07) is 16.5. The first-order chi connectivity index (χ1) is 18.5. The van der Waals surface area contributed by atoms with Gasteiger partial charge in [0.05, 0.1) is 11.4 Å². The molecule has 190 valence electrons. The molecule has 10 heteroatoms. The molecule has 5 aromatic rings. The van der Waals surface area contributed by atoms with Crippen molar-refractivity contribution in [3.8, 4) is 29.0 Å². The number of hydrogen-bond acceptors (Lipinski definition) is 9. The molecular formula is C28H25N7O3. The zero-order valence-electron chi connectivity index (χ0n) is 20.8. The molecule has 0 saturated carbocycles. The predicted molar refractivity (Wildman–Crippen MR) is 145 cm³/mol. The van der Waals surface area contributed by atoms with Crippen molar-refractivity contribution >= 4 is 22.4 Å². The number of aromatic nitrogens is 5. The Morgan fingerprint density at radius 3 is 2.68 bits per heavy atom. The van der Waals surface area contributed by atoms with Gasteiger partial charge in [0, 0.05) is 16.9 Å². The quantitative estimate of drug-likeness (QED) is 0.293. The number of fused-ring (bicyclic) bond motifs is 1. The Morgan fingerprint density at radius 2 is 1.97 bits per heavy atom. The van der Waals surface area contributed by atoms with E-state index in [0.29, 0.717) is 46.0 Å². The van der Waals surface area contributed by atoms with Crippen molar-refractivity contribution in [3.05, 3.63) is 88.4 Å². The van der Waals surface area contributed by atoms with E-state index in [1.807, 2.05) is 55.5 Å². The number of anilines is 2. The summed E-state index contributed by atoms with van der Waals surface area (Å²) in [5.74, 6) is 6.81. The van der Waals surface area contributed by atoms with Crippen LogP contribution in [0.1, 0.15) is 36.5 Å². The Kier molecular flexibility index (Phi) is 6.84. The van der Waals surface area contributed by atoms with Gasteiger partial charge in [-0.25, -0.2) is 9.97 Å². The molecule has 0 bridgehead atoms. The van der Waals surface area contributed by atoms with Crippen molar-refractivity contribution in [3.63, 3.8) is 0 Å². The molecule has 0 fully saturated rings. The Balaban J connectivity index is 1.72. The van der Waals surface area contributed by atoms with Gasteiger partial charge < -0.3 is 20.7 Å². The van der Waals surface area contributed by atoms with E-state index in [4.69, 9.17) is 10.3 Å². The Labute approximate surface area is 218 Å². The third kappa shape index (κ3) is 4.58. The SMILES string of the molecule is CC[C@H](Nc1ncnc(N)c1-c1nc(C)no1)c1cc2cccc(C#CCO)c2c(=O)n1-c1ccccc1. The normalized spacial score (nSPS) is 11.7. The number of pyridine rings is 1. The fraction of sp³-hybridized carbons (Fsp3) is 0.179. The number of para-hydroxylation sites is 1. The van der Waals surface area contributed by atoms with E-state index in [2.05, 4.69) is 37.3 Å². The van der Waals surface area contributed by atoms with E-state index >= 15 is 0 Å². The number of aliphatic hydroxyl groups excluding tert-OH is 1. The van der Waals surface area contributed by atoms with Crippen molar-refractivity contribution < 1.29 is 9.63 Å². The molecule has 5 rings (SSSR count). The molecule has 3 heterocycles. The number of aryl methyl sites for hydroxylation is 1. The highest BCUT2D eigenvalue weighted by Crippen LogP contribution is 2.33. The Morgan fingerprint density at radius 1 is 1.16 bits per heavy atom. The first-order valence-electron chi connectivity index (χ1n) is 12.0. The summed E-state index contributed by atoms with van der Waals surface area (Å²) in [7, 11) is 0. The van der Waals surface area contributed by atoms with Gasteiger partial charge in [-0.2, -0.15) is 4.98 Å². The largest absolute Gasteiger partial charge is 0.384 e. The summed E-state index contributed by atoms with van der Waals surface area (Å²) in [5.41, 5.74) is 8.33. The third-order valence-electron chi connectivity index (χ3n) is 6.09. The predicted octanol–water partition coefficient (Wildman–Crippen LogP) is 3.63. The minimum Gasteiger partial charge on any atom is -0.384 e. The van der Waals surface area contributed by atoms with Gasteiger partial charge in [-0.15, -0.1) is 0 Å². The van der Waals surface area contributed by atoms with E-state index in [0.717, 1.165) is 5.39 Å². The minimum atomic E-state index is -0.364. The van der Waals surface area contributed by atoms with Crippen molar-refractivity contribution in [2.24, 2.45) is 0 Å². The third-order valence-corrected chi connectivity index (χ3v) is 6.09. The first kappa shape index (κ1) is 24.7. The van der Waals surface area contributed by atoms with Crippen LogP contribution in [0, 0.1) is 18.8 Å². The molecular weight excluding hydrogens is 482 g/mol. The molecule has 0 amide bonds. The Hall–Kier alpha value is -5.01. The molecule has 0 unspecified atom stereocenters. The number of hydrogen-bond donors (Lipinski definition) is 3. The van der Waals surface area contributed by atoms with Gasteiger partial charge in [0.15, 0.2) is 5.82 Å². The maximum absolute atomic E-state index is 14.1. The van der Waals surface area contributed by atoms with Gasteiger partial charge in [-0.3, -0.25) is 9.36 Å². The lowest BCUT2D eigenvalue weighted by Crippen LogP contribution is -2.27. The van der Waals surface area contributed by atoms with Crippen LogP contribution in [0.5, 0.6) is 0 Å². The van der Waals surface area contributed by atoms with Gasteiger partial charge in [-0.05, 0) is 43.0 Å². The number of nitrogens with zero attached hydrogens (tertiary/aromatic N) is 5. The monoisotopic (exact) mass is 507 g/mol. The standard InChI is InChI=1S/C28H25N7O3/c1-3-21(33-26-24(25(29)30-16-31-26)27-32-17(2)34-38-27)22-15-19-10-7-9-18(11-8-14-36)23(19)28(37)35(22)20-12-5-4-6-13-20/h4-7,9-10,12-13,15-16,21,36H,3,14H2,1-2H3,(H3,29,30,31,33)/t21-/m0/s1. The van der Waals surface area contributed by atoms with Gasteiger partial charge in [-0.1, -0.05) is 54.3 Å². The minimum absolute atomic E-state index is 0.187. The van der Waals surface area contributed by atoms with Crippen molar-refractivity contribution in [2.75, 3.05) is 17.7 Å². The fourth-order valence-electron chi connectivity index (χ4n) is 4.39. The number of rotatable bonds is 6. The average Bonchev–Trinajstić information content (AvgIpc) is 3.36. The maximum Gasteiger partial charge on any atom is 0.265 e. The smallest absolute Gasteiger partial charge is 0.265 e. The molecule has 0 spiro atoms. The molecule has 10 nitrogen and oxygen atoms in total. The molecule has 1 atom stereocenters. The van der Waals surface area contributed by atoms with Crippen LogP contribution in [0.4, 0.5) is 11.6 Å². The van der Waals surface area contributed by atoms with Crippen LogP contribution in [-0.2, 0) is 0 Å². The van der Waals surface area contributed by atoms with Crippen LogP contribution in [0.25, 0.3) is 27.9 Å². The number of nitrogens with two attached hydrogens (primary N) is 1. The first-order valence-corrected chi connectivity index (χ1v) is 12.0. The highest BCUT2D eigenvalue weighted by atomic mass is 16.5. The van der Waals surface area contributed by atoms with Crippen LogP contribution in [-0.4, -0.2) is 36.4 Å². The maximum atomic E-state index is 14.1. The Bertz CT molecular complexity index is 1730. The van der Waals surface area contributed by atoms with Gasteiger partial charge in [0.1, 0.15) is 30.1 Å². The van der Waals surface area contributed by atoms with Gasteiger partial charge in [0.2, 0.25) is 0 Å². The summed E-state index contributed by atoms with van der Waals surface area (Å²) < 4.78 is 7.04. The van der Waals surface area contributed by atoms with Crippen LogP contribution in [0.3, 0.4) is 0 Å². The fourth-order valence-corrected chi connectivity index (χ4v) is 4.39. The second-order valence-electron chi connectivity index (χ2n) is 8.51. The van der Waals surface area contributed by atoms with Crippen molar-refractivity contribution in [1.82, 2.24) is 24.7 Å². The van der Waals surface area contributed by atoms with Crippen molar-refractivity contribution in [2.45, 2.75) is 26.3 Å². The average molecular weight is 508 g/mol. The van der Waals surface area contributed by atoms with E-state index in [1.54, 1.807) is 17.6 Å². The number of nitrogens with one attached hydrogen (secondary N) is 1. The van der Waals surface area contributed by atoms with Crippen LogP contribution in [0.15, 0.2) is 70.2 Å².